The molecule has 0 saturated carbocycles. The Morgan fingerprint density at radius 1 is 1.39 bits per heavy atom. The van der Waals surface area contributed by atoms with E-state index < -0.39 is 6.04 Å². The third-order valence-corrected chi connectivity index (χ3v) is 3.34. The van der Waals surface area contributed by atoms with E-state index in [2.05, 4.69) is 15.3 Å². The number of carbonyl (C=O) groups excluding carboxylic acids is 1. The van der Waals surface area contributed by atoms with Crippen molar-refractivity contribution in [3.8, 4) is 0 Å². The molecule has 0 saturated heterocycles. The van der Waals surface area contributed by atoms with Crippen molar-refractivity contribution < 1.29 is 9.18 Å². The molecule has 0 fully saturated rings. The van der Waals surface area contributed by atoms with Gasteiger partial charge in [0.2, 0.25) is 5.91 Å². The highest BCUT2D eigenvalue weighted by molar-refractivity contribution is 5.83. The lowest BCUT2D eigenvalue weighted by molar-refractivity contribution is -0.125. The molecule has 1 unspecified atom stereocenters. The summed E-state index contributed by atoms with van der Waals surface area (Å²) in [5.74, 6) is -0.611. The van der Waals surface area contributed by atoms with E-state index in [-0.39, 0.29) is 17.3 Å². The maximum atomic E-state index is 13.4. The number of rotatable bonds is 6. The number of likely N-dealkylation sites (N-methyl/N-ethyl adjacent to an activating group) is 1. The monoisotopic (exact) mass is 318 g/mol. The van der Waals surface area contributed by atoms with Gasteiger partial charge in [-0.1, -0.05) is 12.1 Å². The van der Waals surface area contributed by atoms with Crippen LogP contribution >= 0.6 is 0 Å². The van der Waals surface area contributed by atoms with Gasteiger partial charge in [-0.3, -0.25) is 14.5 Å². The summed E-state index contributed by atoms with van der Waals surface area (Å²) in [6.07, 6.45) is 1.77. The largest absolute Gasteiger partial charge is 0.354 e. The minimum absolute atomic E-state index is 0.229. The van der Waals surface area contributed by atoms with Crippen molar-refractivity contribution >= 4 is 5.91 Å². The molecule has 2 rings (SSSR count). The zero-order chi connectivity index (χ0) is 16.8. The lowest BCUT2D eigenvalue weighted by Crippen LogP contribution is -2.38. The summed E-state index contributed by atoms with van der Waals surface area (Å²) in [4.78, 5) is 31.7. The van der Waals surface area contributed by atoms with Crippen molar-refractivity contribution in [1.82, 2.24) is 20.2 Å². The third kappa shape index (κ3) is 4.72. The standard InChI is InChI=1S/C16H19FN4O2/c1-21(2)15(11-4-3-5-12(17)8-11)16(23)18-7-6-13-9-14(22)20-10-19-13/h3-5,8-10,15H,6-7H2,1-2H3,(H,18,23)(H,19,20,22). The van der Waals surface area contributed by atoms with E-state index in [9.17, 15) is 14.0 Å². The fraction of sp³-hybridized carbons (Fsp3) is 0.312. The molecule has 0 spiro atoms. The van der Waals surface area contributed by atoms with Gasteiger partial charge < -0.3 is 10.3 Å². The zero-order valence-electron chi connectivity index (χ0n) is 13.0. The Hall–Kier alpha value is -2.54. The number of amides is 1. The average molecular weight is 318 g/mol. The van der Waals surface area contributed by atoms with Gasteiger partial charge in [-0.2, -0.15) is 0 Å². The first-order valence-electron chi connectivity index (χ1n) is 7.20. The van der Waals surface area contributed by atoms with Crippen molar-refractivity contribution in [2.45, 2.75) is 12.5 Å². The van der Waals surface area contributed by atoms with Crippen LogP contribution in [0.2, 0.25) is 0 Å². The maximum Gasteiger partial charge on any atom is 0.250 e. The number of aromatic amines is 1. The van der Waals surface area contributed by atoms with Crippen molar-refractivity contribution in [3.05, 3.63) is 64.1 Å². The molecule has 0 bridgehead atoms. The quantitative estimate of drug-likeness (QED) is 0.828. The van der Waals surface area contributed by atoms with E-state index in [0.717, 1.165) is 0 Å². The number of H-pyrrole nitrogens is 1. The number of carbonyl (C=O) groups is 1. The van der Waals surface area contributed by atoms with Gasteiger partial charge in [0.25, 0.3) is 5.56 Å². The summed E-state index contributed by atoms with van der Waals surface area (Å²) in [6, 6.07) is 6.79. The summed E-state index contributed by atoms with van der Waals surface area (Å²) >= 11 is 0. The normalized spacial score (nSPS) is 12.2. The van der Waals surface area contributed by atoms with Gasteiger partial charge in [0.1, 0.15) is 11.9 Å². The van der Waals surface area contributed by atoms with Gasteiger partial charge in [-0.15, -0.1) is 0 Å². The molecule has 2 aromatic rings. The minimum atomic E-state index is -0.585. The van der Waals surface area contributed by atoms with Gasteiger partial charge >= 0.3 is 0 Å². The number of hydrogen-bond acceptors (Lipinski definition) is 4. The second-order valence-corrected chi connectivity index (χ2v) is 5.36. The lowest BCUT2D eigenvalue weighted by Gasteiger charge is -2.23. The van der Waals surface area contributed by atoms with Gasteiger partial charge in [0.05, 0.1) is 6.33 Å². The van der Waals surface area contributed by atoms with Crippen LogP contribution in [0.4, 0.5) is 4.39 Å². The number of halogens is 1. The minimum Gasteiger partial charge on any atom is -0.354 e. The maximum absolute atomic E-state index is 13.4. The predicted octanol–water partition coefficient (Wildman–Crippen LogP) is 0.871. The van der Waals surface area contributed by atoms with E-state index in [0.29, 0.717) is 24.2 Å². The van der Waals surface area contributed by atoms with Crippen LogP contribution in [-0.4, -0.2) is 41.4 Å². The van der Waals surface area contributed by atoms with Crippen LogP contribution in [-0.2, 0) is 11.2 Å². The average Bonchev–Trinajstić information content (AvgIpc) is 2.47. The first-order valence-corrected chi connectivity index (χ1v) is 7.20. The van der Waals surface area contributed by atoms with E-state index in [1.54, 1.807) is 31.1 Å². The van der Waals surface area contributed by atoms with Crippen LogP contribution in [0.25, 0.3) is 0 Å². The van der Waals surface area contributed by atoms with Gasteiger partial charge in [0.15, 0.2) is 0 Å². The SMILES string of the molecule is CN(C)C(C(=O)NCCc1cc(=O)[nH]cn1)c1cccc(F)c1. The Bertz CT molecular complexity index is 730. The molecule has 7 heteroatoms. The Morgan fingerprint density at radius 3 is 2.83 bits per heavy atom. The number of nitrogens with zero attached hydrogens (tertiary/aromatic N) is 2. The summed E-state index contributed by atoms with van der Waals surface area (Å²) in [5.41, 5.74) is 0.954. The molecule has 23 heavy (non-hydrogen) atoms. The van der Waals surface area contributed by atoms with E-state index in [1.807, 2.05) is 0 Å². The van der Waals surface area contributed by atoms with Gasteiger partial charge in [-0.25, -0.2) is 9.37 Å². The van der Waals surface area contributed by atoms with Gasteiger partial charge in [-0.05, 0) is 31.8 Å². The molecule has 0 aliphatic heterocycles. The zero-order valence-corrected chi connectivity index (χ0v) is 13.0. The molecule has 1 amide bonds. The third-order valence-electron chi connectivity index (χ3n) is 3.34. The first-order chi connectivity index (χ1) is 11.0. The molecule has 2 N–H and O–H groups in total. The molecule has 1 aromatic carbocycles. The number of hydrogen-bond donors (Lipinski definition) is 2. The second kappa shape index (κ2) is 7.64. The smallest absolute Gasteiger partial charge is 0.250 e. The van der Waals surface area contributed by atoms with Crippen LogP contribution in [0.1, 0.15) is 17.3 Å². The Labute approximate surface area is 133 Å². The molecular formula is C16H19FN4O2. The second-order valence-electron chi connectivity index (χ2n) is 5.36. The highest BCUT2D eigenvalue weighted by Gasteiger charge is 2.22. The molecule has 6 nitrogen and oxygen atoms in total. The van der Waals surface area contributed by atoms with Crippen LogP contribution in [0.3, 0.4) is 0 Å². The summed E-state index contributed by atoms with van der Waals surface area (Å²) in [6.45, 7) is 0.342. The molecule has 0 aliphatic rings. The molecule has 1 aromatic heterocycles. The van der Waals surface area contributed by atoms with Crippen LogP contribution in [0.15, 0.2) is 41.5 Å². The summed E-state index contributed by atoms with van der Waals surface area (Å²) < 4.78 is 13.4. The summed E-state index contributed by atoms with van der Waals surface area (Å²) in [5, 5.41) is 2.79. The summed E-state index contributed by atoms with van der Waals surface area (Å²) in [7, 11) is 3.51. The van der Waals surface area contributed by atoms with Crippen LogP contribution < -0.4 is 10.9 Å². The van der Waals surface area contributed by atoms with Crippen molar-refractivity contribution in [2.24, 2.45) is 0 Å². The van der Waals surface area contributed by atoms with Gasteiger partial charge in [0, 0.05) is 24.7 Å². The lowest BCUT2D eigenvalue weighted by atomic mass is 10.0. The molecule has 1 heterocycles. The fourth-order valence-corrected chi connectivity index (χ4v) is 2.32. The Balaban J connectivity index is 2.00. The van der Waals surface area contributed by atoms with E-state index in [4.69, 9.17) is 0 Å². The van der Waals surface area contributed by atoms with E-state index in [1.165, 1.54) is 24.5 Å². The number of aromatic nitrogens is 2. The Kier molecular flexibility index (Phi) is 5.59. The Morgan fingerprint density at radius 2 is 2.17 bits per heavy atom. The highest BCUT2D eigenvalue weighted by Crippen LogP contribution is 2.19. The van der Waals surface area contributed by atoms with Crippen molar-refractivity contribution in [1.29, 1.82) is 0 Å². The topological polar surface area (TPSA) is 78.1 Å². The predicted molar refractivity (Wildman–Crippen MR) is 84.4 cm³/mol. The highest BCUT2D eigenvalue weighted by atomic mass is 19.1. The van der Waals surface area contributed by atoms with Crippen molar-refractivity contribution in [3.63, 3.8) is 0 Å². The number of nitrogens with one attached hydrogen (secondary N) is 2. The molecule has 122 valence electrons. The van der Waals surface area contributed by atoms with E-state index >= 15 is 0 Å². The van der Waals surface area contributed by atoms with Crippen LogP contribution in [0.5, 0.6) is 0 Å². The molecule has 1 atom stereocenters. The fourth-order valence-electron chi connectivity index (χ4n) is 2.32. The molecule has 0 aliphatic carbocycles. The van der Waals surface area contributed by atoms with Crippen LogP contribution in [0, 0.1) is 5.82 Å². The molecule has 0 radical (unpaired) electrons. The first kappa shape index (κ1) is 16.8. The number of benzene rings is 1. The van der Waals surface area contributed by atoms with Crippen molar-refractivity contribution in [2.75, 3.05) is 20.6 Å². The molecular weight excluding hydrogens is 299 g/mol.